The van der Waals surface area contributed by atoms with Crippen molar-refractivity contribution in [1.29, 1.82) is 0 Å². The lowest BCUT2D eigenvalue weighted by Gasteiger charge is -2.19. The second-order valence-electron chi connectivity index (χ2n) is 3.87. The summed E-state index contributed by atoms with van der Waals surface area (Å²) in [5.74, 6) is 0.175. The molecule has 74 valence electrons. The molecule has 0 aromatic heterocycles. The molecule has 0 saturated heterocycles. The fraction of sp³-hybridized carbons (Fsp3) is 0.364. The van der Waals surface area contributed by atoms with Crippen molar-refractivity contribution in [3.63, 3.8) is 0 Å². The predicted octanol–water partition coefficient (Wildman–Crippen LogP) is 1.76. The predicted molar refractivity (Wildman–Crippen MR) is 53.1 cm³/mol. The minimum atomic E-state index is 0.0194. The molecule has 1 amide bonds. The van der Waals surface area contributed by atoms with E-state index in [0.29, 0.717) is 12.1 Å². The lowest BCUT2D eigenvalue weighted by atomic mass is 10.1. The van der Waals surface area contributed by atoms with Gasteiger partial charge in [0.15, 0.2) is 0 Å². The second-order valence-corrected chi connectivity index (χ2v) is 3.87. The van der Waals surface area contributed by atoms with Gasteiger partial charge < -0.3 is 10.0 Å². The maximum atomic E-state index is 11.8. The van der Waals surface area contributed by atoms with Crippen molar-refractivity contribution in [2.75, 3.05) is 0 Å². The van der Waals surface area contributed by atoms with Crippen LogP contribution < -0.4 is 0 Å². The van der Waals surface area contributed by atoms with Gasteiger partial charge in [0.25, 0.3) is 5.91 Å². The summed E-state index contributed by atoms with van der Waals surface area (Å²) in [5.41, 5.74) is 1.64. The molecule has 0 aliphatic carbocycles. The van der Waals surface area contributed by atoms with Gasteiger partial charge in [0.2, 0.25) is 0 Å². The third-order valence-electron chi connectivity index (χ3n) is 2.55. The van der Waals surface area contributed by atoms with E-state index < -0.39 is 0 Å². The average molecular weight is 191 g/mol. The first-order valence-electron chi connectivity index (χ1n) is 4.72. The van der Waals surface area contributed by atoms with Crippen molar-refractivity contribution >= 4 is 5.91 Å². The van der Waals surface area contributed by atoms with E-state index >= 15 is 0 Å². The third kappa shape index (κ3) is 1.25. The van der Waals surface area contributed by atoms with Crippen LogP contribution in [0.4, 0.5) is 0 Å². The number of amides is 1. The van der Waals surface area contributed by atoms with Gasteiger partial charge in [-0.2, -0.15) is 0 Å². The highest BCUT2D eigenvalue weighted by molar-refractivity contribution is 5.98. The smallest absolute Gasteiger partial charge is 0.254 e. The maximum Gasteiger partial charge on any atom is 0.254 e. The van der Waals surface area contributed by atoms with Crippen molar-refractivity contribution in [2.24, 2.45) is 0 Å². The first-order chi connectivity index (χ1) is 6.59. The van der Waals surface area contributed by atoms with Crippen LogP contribution in [0.5, 0.6) is 5.75 Å². The number of hydrogen-bond donors (Lipinski definition) is 1. The van der Waals surface area contributed by atoms with Crippen molar-refractivity contribution in [3.8, 4) is 5.75 Å². The zero-order valence-corrected chi connectivity index (χ0v) is 8.32. The second kappa shape index (κ2) is 3.01. The van der Waals surface area contributed by atoms with E-state index in [-0.39, 0.29) is 17.7 Å². The fourth-order valence-corrected chi connectivity index (χ4v) is 1.73. The Balaban J connectivity index is 2.41. The third-order valence-corrected chi connectivity index (χ3v) is 2.55. The number of carbonyl (C=O) groups excluding carboxylic acids is 1. The average Bonchev–Trinajstić information content (AvgIpc) is 2.44. The quantitative estimate of drug-likeness (QED) is 0.734. The van der Waals surface area contributed by atoms with Crippen LogP contribution in [0.2, 0.25) is 0 Å². The molecule has 1 aliphatic rings. The summed E-state index contributed by atoms with van der Waals surface area (Å²) in [7, 11) is 0. The number of phenolic OH excluding ortho intramolecular Hbond substituents is 1. The number of phenols is 1. The summed E-state index contributed by atoms with van der Waals surface area (Å²) >= 11 is 0. The summed E-state index contributed by atoms with van der Waals surface area (Å²) in [5, 5.41) is 9.27. The summed E-state index contributed by atoms with van der Waals surface area (Å²) in [4.78, 5) is 13.6. The molecule has 1 aliphatic heterocycles. The Labute approximate surface area is 83.0 Å². The molecule has 0 fully saturated rings. The fourth-order valence-electron chi connectivity index (χ4n) is 1.73. The normalized spacial score (nSPS) is 15.1. The maximum absolute atomic E-state index is 11.8. The Kier molecular flexibility index (Phi) is 1.95. The standard InChI is InChI=1S/C11H13NO2/c1-7(2)12-6-8-3-4-9(13)5-10(8)11(12)14/h3-5,7,13H,6H2,1-2H3. The van der Waals surface area contributed by atoms with E-state index in [1.54, 1.807) is 17.0 Å². The summed E-state index contributed by atoms with van der Waals surface area (Å²) in [6, 6.07) is 5.18. The zero-order valence-electron chi connectivity index (χ0n) is 8.32. The Hall–Kier alpha value is -1.51. The zero-order chi connectivity index (χ0) is 10.3. The molecule has 14 heavy (non-hydrogen) atoms. The van der Waals surface area contributed by atoms with E-state index in [1.165, 1.54) is 0 Å². The monoisotopic (exact) mass is 191 g/mol. The van der Waals surface area contributed by atoms with Crippen molar-refractivity contribution in [3.05, 3.63) is 29.3 Å². The van der Waals surface area contributed by atoms with Gasteiger partial charge in [0.05, 0.1) is 0 Å². The van der Waals surface area contributed by atoms with E-state index in [1.807, 2.05) is 19.9 Å². The Morgan fingerprint density at radius 1 is 1.43 bits per heavy atom. The molecule has 1 heterocycles. The Morgan fingerprint density at radius 2 is 2.14 bits per heavy atom. The topological polar surface area (TPSA) is 40.5 Å². The molecular weight excluding hydrogens is 178 g/mol. The van der Waals surface area contributed by atoms with Crippen LogP contribution in [0.3, 0.4) is 0 Å². The van der Waals surface area contributed by atoms with E-state index in [2.05, 4.69) is 0 Å². The highest BCUT2D eigenvalue weighted by Gasteiger charge is 2.28. The highest BCUT2D eigenvalue weighted by Crippen LogP contribution is 2.27. The van der Waals surface area contributed by atoms with Crippen LogP contribution in [-0.4, -0.2) is 22.0 Å². The van der Waals surface area contributed by atoms with Crippen molar-refractivity contribution in [1.82, 2.24) is 4.90 Å². The van der Waals surface area contributed by atoms with Gasteiger partial charge in [-0.15, -0.1) is 0 Å². The minimum absolute atomic E-state index is 0.0194. The van der Waals surface area contributed by atoms with Crippen LogP contribution in [0.1, 0.15) is 29.8 Å². The first-order valence-corrected chi connectivity index (χ1v) is 4.72. The van der Waals surface area contributed by atoms with Crippen molar-refractivity contribution in [2.45, 2.75) is 26.4 Å². The van der Waals surface area contributed by atoms with Crippen LogP contribution in [0.15, 0.2) is 18.2 Å². The Morgan fingerprint density at radius 3 is 2.79 bits per heavy atom. The minimum Gasteiger partial charge on any atom is -0.508 e. The molecule has 0 atom stereocenters. The van der Waals surface area contributed by atoms with Gasteiger partial charge in [0, 0.05) is 18.2 Å². The summed E-state index contributed by atoms with van der Waals surface area (Å²) < 4.78 is 0. The van der Waals surface area contributed by atoms with Crippen LogP contribution in [0.25, 0.3) is 0 Å². The van der Waals surface area contributed by atoms with Crippen LogP contribution in [-0.2, 0) is 6.54 Å². The molecule has 1 N–H and O–H groups in total. The number of benzene rings is 1. The van der Waals surface area contributed by atoms with E-state index in [0.717, 1.165) is 5.56 Å². The van der Waals surface area contributed by atoms with Crippen LogP contribution >= 0.6 is 0 Å². The molecule has 3 nitrogen and oxygen atoms in total. The molecular formula is C11H13NO2. The summed E-state index contributed by atoms with van der Waals surface area (Å²) in [6.07, 6.45) is 0. The number of rotatable bonds is 1. The molecule has 1 aromatic rings. The van der Waals surface area contributed by atoms with Gasteiger partial charge >= 0.3 is 0 Å². The van der Waals surface area contributed by atoms with Gasteiger partial charge in [-0.3, -0.25) is 4.79 Å². The molecule has 1 aromatic carbocycles. The highest BCUT2D eigenvalue weighted by atomic mass is 16.3. The first kappa shape index (κ1) is 9.06. The molecule has 3 heteroatoms. The number of aromatic hydroxyl groups is 1. The molecule has 2 rings (SSSR count). The van der Waals surface area contributed by atoms with Gasteiger partial charge in [0.1, 0.15) is 5.75 Å². The molecule has 0 unspecified atom stereocenters. The van der Waals surface area contributed by atoms with Gasteiger partial charge in [-0.25, -0.2) is 0 Å². The molecule has 0 bridgehead atoms. The Bertz CT molecular complexity index is 385. The van der Waals surface area contributed by atoms with Crippen molar-refractivity contribution < 1.29 is 9.90 Å². The molecule has 0 saturated carbocycles. The lowest BCUT2D eigenvalue weighted by molar-refractivity contribution is 0.0730. The number of fused-ring (bicyclic) bond motifs is 1. The SMILES string of the molecule is CC(C)N1Cc2ccc(O)cc2C1=O. The number of hydrogen-bond acceptors (Lipinski definition) is 2. The van der Waals surface area contributed by atoms with Gasteiger partial charge in [-0.05, 0) is 31.5 Å². The summed E-state index contributed by atoms with van der Waals surface area (Å²) in [6.45, 7) is 4.64. The van der Waals surface area contributed by atoms with Crippen LogP contribution in [0, 0.1) is 0 Å². The van der Waals surface area contributed by atoms with E-state index in [9.17, 15) is 9.90 Å². The molecule has 0 spiro atoms. The van der Waals surface area contributed by atoms with Gasteiger partial charge in [-0.1, -0.05) is 6.07 Å². The lowest BCUT2D eigenvalue weighted by Crippen LogP contribution is -2.30. The molecule has 0 radical (unpaired) electrons. The largest absolute Gasteiger partial charge is 0.508 e. The number of nitrogens with zero attached hydrogens (tertiary/aromatic N) is 1. The van der Waals surface area contributed by atoms with E-state index in [4.69, 9.17) is 0 Å². The number of carbonyl (C=O) groups is 1.